The molecule has 1 rings (SSSR count). The minimum absolute atomic E-state index is 0.166. The molecular weight excluding hydrogens is 204 g/mol. The quantitative estimate of drug-likeness (QED) is 0.720. The molecule has 1 fully saturated rings. The molecule has 4 nitrogen and oxygen atoms in total. The number of nitrogens with zero attached hydrogens (tertiary/aromatic N) is 1. The lowest BCUT2D eigenvalue weighted by atomic mass is 9.79. The van der Waals surface area contributed by atoms with Crippen molar-refractivity contribution in [3.63, 3.8) is 0 Å². The van der Waals surface area contributed by atoms with Gasteiger partial charge in [-0.05, 0) is 45.7 Å². The average molecular weight is 230 g/mol. The lowest BCUT2D eigenvalue weighted by molar-refractivity contribution is -0.0217. The third kappa shape index (κ3) is 3.17. The van der Waals surface area contributed by atoms with Crippen molar-refractivity contribution in [1.29, 1.82) is 0 Å². The van der Waals surface area contributed by atoms with Gasteiger partial charge in [0.05, 0.1) is 6.61 Å². The van der Waals surface area contributed by atoms with Crippen LogP contribution >= 0.6 is 0 Å². The van der Waals surface area contributed by atoms with E-state index in [0.717, 1.165) is 32.6 Å². The van der Waals surface area contributed by atoms with E-state index >= 15 is 0 Å². The first-order chi connectivity index (χ1) is 7.46. The smallest absolute Gasteiger partial charge is 0.0609 e. The van der Waals surface area contributed by atoms with Gasteiger partial charge in [-0.1, -0.05) is 0 Å². The normalized spacial score (nSPS) is 21.4. The molecule has 0 spiro atoms. The van der Waals surface area contributed by atoms with E-state index in [1.807, 2.05) is 0 Å². The van der Waals surface area contributed by atoms with Gasteiger partial charge >= 0.3 is 0 Å². The topological polar surface area (TPSA) is 58.7 Å². The summed E-state index contributed by atoms with van der Waals surface area (Å²) < 4.78 is 5.40. The summed E-state index contributed by atoms with van der Waals surface area (Å²) in [5, 5.41) is 9.35. The highest BCUT2D eigenvalue weighted by atomic mass is 16.5. The third-order valence-corrected chi connectivity index (χ3v) is 3.98. The van der Waals surface area contributed by atoms with Gasteiger partial charge in [0.2, 0.25) is 0 Å². The molecule has 0 amide bonds. The van der Waals surface area contributed by atoms with Crippen LogP contribution in [0.2, 0.25) is 0 Å². The second-order valence-electron chi connectivity index (χ2n) is 5.64. The second-order valence-corrected chi connectivity index (χ2v) is 5.64. The van der Waals surface area contributed by atoms with Crippen molar-refractivity contribution in [2.45, 2.75) is 32.2 Å². The molecule has 0 atom stereocenters. The molecule has 0 aromatic carbocycles. The fraction of sp³-hybridized carbons (Fsp3) is 1.00. The Morgan fingerprint density at radius 2 is 1.94 bits per heavy atom. The lowest BCUT2D eigenvalue weighted by Gasteiger charge is -2.44. The highest BCUT2D eigenvalue weighted by Crippen LogP contribution is 2.31. The fourth-order valence-corrected chi connectivity index (χ4v) is 2.07. The van der Waals surface area contributed by atoms with E-state index in [2.05, 4.69) is 25.8 Å². The summed E-state index contributed by atoms with van der Waals surface area (Å²) in [6.07, 6.45) is 2.05. The zero-order chi connectivity index (χ0) is 12.2. The molecule has 1 heterocycles. The van der Waals surface area contributed by atoms with Crippen LogP contribution < -0.4 is 5.73 Å². The van der Waals surface area contributed by atoms with Gasteiger partial charge in [-0.25, -0.2) is 0 Å². The van der Waals surface area contributed by atoms with Crippen LogP contribution in [-0.4, -0.2) is 55.5 Å². The molecule has 0 unspecified atom stereocenters. The van der Waals surface area contributed by atoms with Crippen LogP contribution in [0.5, 0.6) is 0 Å². The molecule has 0 aromatic heterocycles. The molecule has 0 radical (unpaired) electrons. The minimum Gasteiger partial charge on any atom is -0.394 e. The maximum Gasteiger partial charge on any atom is 0.0609 e. The molecule has 16 heavy (non-hydrogen) atoms. The van der Waals surface area contributed by atoms with E-state index < -0.39 is 0 Å². The van der Waals surface area contributed by atoms with Crippen molar-refractivity contribution in [3.05, 3.63) is 0 Å². The Kier molecular flexibility index (Phi) is 4.73. The number of ether oxygens (including phenoxy) is 1. The predicted octanol–water partition coefficient (Wildman–Crippen LogP) is 0.445. The molecule has 0 saturated carbocycles. The van der Waals surface area contributed by atoms with Gasteiger partial charge in [-0.15, -0.1) is 0 Å². The van der Waals surface area contributed by atoms with Gasteiger partial charge in [0.25, 0.3) is 0 Å². The van der Waals surface area contributed by atoms with Gasteiger partial charge in [0, 0.05) is 25.3 Å². The molecule has 0 aromatic rings. The van der Waals surface area contributed by atoms with Crippen molar-refractivity contribution in [3.8, 4) is 0 Å². The number of hydrogen-bond acceptors (Lipinski definition) is 4. The zero-order valence-corrected chi connectivity index (χ0v) is 10.8. The first-order valence-electron chi connectivity index (χ1n) is 6.06. The molecule has 4 heteroatoms. The maximum atomic E-state index is 9.35. The van der Waals surface area contributed by atoms with E-state index in [4.69, 9.17) is 10.5 Å². The van der Waals surface area contributed by atoms with Crippen molar-refractivity contribution in [2.24, 2.45) is 11.1 Å². The molecule has 3 N–H and O–H groups in total. The van der Waals surface area contributed by atoms with E-state index in [0.29, 0.717) is 6.54 Å². The Morgan fingerprint density at radius 3 is 2.38 bits per heavy atom. The molecule has 0 bridgehead atoms. The second kappa shape index (κ2) is 5.45. The minimum atomic E-state index is -0.180. The van der Waals surface area contributed by atoms with Gasteiger partial charge in [-0.3, -0.25) is 4.90 Å². The van der Waals surface area contributed by atoms with Crippen LogP contribution in [0, 0.1) is 5.41 Å². The van der Waals surface area contributed by atoms with E-state index in [-0.39, 0.29) is 17.6 Å². The molecule has 1 aliphatic heterocycles. The molecule has 1 aliphatic rings. The Bertz CT molecular complexity index is 213. The van der Waals surface area contributed by atoms with Gasteiger partial charge in [-0.2, -0.15) is 0 Å². The van der Waals surface area contributed by atoms with Crippen LogP contribution in [0.4, 0.5) is 0 Å². The lowest BCUT2D eigenvalue weighted by Crippen LogP contribution is -2.52. The average Bonchev–Trinajstić information content (AvgIpc) is 2.30. The summed E-state index contributed by atoms with van der Waals surface area (Å²) in [6, 6.07) is 0. The first kappa shape index (κ1) is 13.9. The molecular formula is C12H26N2O2. The molecule has 0 aliphatic carbocycles. The Hall–Kier alpha value is -0.160. The Balaban J connectivity index is 2.62. The number of likely N-dealkylation sites (N-methyl/N-ethyl adjacent to an activating group) is 1. The number of hydrogen-bond donors (Lipinski definition) is 2. The van der Waals surface area contributed by atoms with E-state index in [1.54, 1.807) is 0 Å². The monoisotopic (exact) mass is 230 g/mol. The first-order valence-corrected chi connectivity index (χ1v) is 6.06. The van der Waals surface area contributed by atoms with Crippen molar-refractivity contribution < 1.29 is 9.84 Å². The van der Waals surface area contributed by atoms with Crippen LogP contribution in [0.1, 0.15) is 26.7 Å². The summed E-state index contributed by atoms with van der Waals surface area (Å²) in [5.41, 5.74) is 5.91. The van der Waals surface area contributed by atoms with Gasteiger partial charge in [0.15, 0.2) is 0 Å². The summed E-state index contributed by atoms with van der Waals surface area (Å²) in [4.78, 5) is 2.21. The summed E-state index contributed by atoms with van der Waals surface area (Å²) in [7, 11) is 2.06. The summed E-state index contributed by atoms with van der Waals surface area (Å²) in [5.74, 6) is 0. The number of aliphatic hydroxyl groups is 1. The van der Waals surface area contributed by atoms with E-state index in [9.17, 15) is 5.11 Å². The maximum absolute atomic E-state index is 9.35. The van der Waals surface area contributed by atoms with Crippen molar-refractivity contribution in [2.75, 3.05) is 40.0 Å². The fourth-order valence-electron chi connectivity index (χ4n) is 2.07. The van der Waals surface area contributed by atoms with Crippen LogP contribution in [0.25, 0.3) is 0 Å². The van der Waals surface area contributed by atoms with Crippen LogP contribution in [0.15, 0.2) is 0 Å². The molecule has 1 saturated heterocycles. The zero-order valence-electron chi connectivity index (χ0n) is 10.8. The van der Waals surface area contributed by atoms with Crippen LogP contribution in [-0.2, 0) is 4.74 Å². The van der Waals surface area contributed by atoms with Crippen molar-refractivity contribution >= 4 is 0 Å². The number of aliphatic hydroxyl groups excluding tert-OH is 1. The Labute approximate surface area is 98.8 Å². The largest absolute Gasteiger partial charge is 0.394 e. The van der Waals surface area contributed by atoms with Crippen LogP contribution in [0.3, 0.4) is 0 Å². The predicted molar refractivity (Wildman–Crippen MR) is 65.3 cm³/mol. The highest BCUT2D eigenvalue weighted by molar-refractivity contribution is 4.89. The molecule has 96 valence electrons. The van der Waals surface area contributed by atoms with Gasteiger partial charge < -0.3 is 15.6 Å². The SMILES string of the molecule is CN(CC1(CN)CCOCC1)C(C)(C)CO. The number of rotatable bonds is 5. The van der Waals surface area contributed by atoms with Gasteiger partial charge in [0.1, 0.15) is 0 Å². The van der Waals surface area contributed by atoms with Crippen molar-refractivity contribution in [1.82, 2.24) is 4.90 Å². The number of nitrogens with two attached hydrogens (primary N) is 1. The summed E-state index contributed by atoms with van der Waals surface area (Å²) in [6.45, 7) is 7.52. The highest BCUT2D eigenvalue weighted by Gasteiger charge is 2.35. The summed E-state index contributed by atoms with van der Waals surface area (Å²) >= 11 is 0. The van der Waals surface area contributed by atoms with E-state index in [1.165, 1.54) is 0 Å². The third-order valence-electron chi connectivity index (χ3n) is 3.98. The Morgan fingerprint density at radius 1 is 1.38 bits per heavy atom. The standard InChI is InChI=1S/C12H26N2O2/c1-11(2,10-15)14(3)9-12(8-13)4-6-16-7-5-12/h15H,4-10,13H2,1-3H3.